The average molecular weight is 392 g/mol. The van der Waals surface area contributed by atoms with Crippen LogP contribution in [0.25, 0.3) is 0 Å². The first-order valence-electron chi connectivity index (χ1n) is 8.22. The molecule has 0 aliphatic rings. The predicted octanol–water partition coefficient (Wildman–Crippen LogP) is 3.03. The topological polar surface area (TPSA) is 93.7 Å². The van der Waals surface area contributed by atoms with Gasteiger partial charge in [0.25, 0.3) is 5.91 Å². The van der Waals surface area contributed by atoms with E-state index in [0.29, 0.717) is 22.7 Å². The molecule has 0 fully saturated rings. The summed E-state index contributed by atoms with van der Waals surface area (Å²) in [7, 11) is -0.614. The lowest BCUT2D eigenvalue weighted by Crippen LogP contribution is -2.40. The van der Waals surface area contributed by atoms with Crippen molar-refractivity contribution >= 4 is 21.6 Å². The number of amides is 1. The third-order valence-electron chi connectivity index (χ3n) is 3.48. The summed E-state index contributed by atoms with van der Waals surface area (Å²) in [5.74, 6) is 0.705. The van der Waals surface area contributed by atoms with Crippen LogP contribution in [0, 0.1) is 0 Å². The molecule has 0 atom stereocenters. The number of sulfonamides is 1. The Morgan fingerprint density at radius 3 is 1.89 bits per heavy atom. The highest BCUT2D eigenvalue weighted by Gasteiger charge is 2.22. The molecule has 0 aliphatic carbocycles. The van der Waals surface area contributed by atoms with Gasteiger partial charge in [-0.25, -0.2) is 13.1 Å². The lowest BCUT2D eigenvalue weighted by molar-refractivity contribution is 0.102. The fourth-order valence-corrected chi connectivity index (χ4v) is 3.75. The second kappa shape index (κ2) is 7.98. The van der Waals surface area contributed by atoms with Gasteiger partial charge in [-0.1, -0.05) is 0 Å². The first kappa shape index (κ1) is 20.7. The van der Waals surface area contributed by atoms with Crippen molar-refractivity contribution in [1.29, 1.82) is 0 Å². The lowest BCUT2D eigenvalue weighted by atomic mass is 10.1. The maximum absolute atomic E-state index is 12.4. The highest BCUT2D eigenvalue weighted by Crippen LogP contribution is 2.26. The molecule has 146 valence electrons. The van der Waals surface area contributed by atoms with E-state index >= 15 is 0 Å². The van der Waals surface area contributed by atoms with Gasteiger partial charge in [-0.05, 0) is 45.0 Å². The molecule has 8 heteroatoms. The Morgan fingerprint density at radius 1 is 0.926 bits per heavy atom. The fraction of sp³-hybridized carbons (Fsp3) is 0.316. The predicted molar refractivity (Wildman–Crippen MR) is 104 cm³/mol. The quantitative estimate of drug-likeness (QED) is 0.788. The number of nitrogens with one attached hydrogen (secondary N) is 2. The largest absolute Gasteiger partial charge is 0.497 e. The molecule has 0 saturated heterocycles. The van der Waals surface area contributed by atoms with Gasteiger partial charge in [0.15, 0.2) is 0 Å². The van der Waals surface area contributed by atoms with Crippen LogP contribution in [0.5, 0.6) is 11.5 Å². The molecular weight excluding hydrogens is 368 g/mol. The number of carbonyl (C=O) groups is 1. The first-order chi connectivity index (χ1) is 12.5. The Morgan fingerprint density at radius 2 is 1.44 bits per heavy atom. The monoisotopic (exact) mass is 392 g/mol. The summed E-state index contributed by atoms with van der Waals surface area (Å²) >= 11 is 0. The minimum Gasteiger partial charge on any atom is -0.497 e. The van der Waals surface area contributed by atoms with E-state index in [1.807, 2.05) is 0 Å². The Bertz CT molecular complexity index is 894. The zero-order valence-electron chi connectivity index (χ0n) is 16.0. The van der Waals surface area contributed by atoms with Crippen LogP contribution in [-0.4, -0.2) is 34.1 Å². The number of anilines is 1. The van der Waals surface area contributed by atoms with Crippen molar-refractivity contribution in [3.8, 4) is 11.5 Å². The van der Waals surface area contributed by atoms with Crippen LogP contribution in [0.4, 0.5) is 5.69 Å². The van der Waals surface area contributed by atoms with E-state index in [0.717, 1.165) is 0 Å². The van der Waals surface area contributed by atoms with E-state index in [4.69, 9.17) is 9.47 Å². The van der Waals surface area contributed by atoms with Crippen molar-refractivity contribution in [2.75, 3.05) is 19.5 Å². The molecule has 1 amide bonds. The molecule has 7 nitrogen and oxygen atoms in total. The van der Waals surface area contributed by atoms with E-state index in [1.165, 1.54) is 38.5 Å². The summed E-state index contributed by atoms with van der Waals surface area (Å²) in [6.45, 7) is 5.28. The molecule has 0 saturated carbocycles. The first-order valence-corrected chi connectivity index (χ1v) is 9.71. The molecule has 2 rings (SSSR count). The molecular formula is C19H24N2O5S. The molecule has 2 aromatic carbocycles. The molecule has 0 heterocycles. The van der Waals surface area contributed by atoms with E-state index in [2.05, 4.69) is 10.0 Å². The normalized spacial score (nSPS) is 11.7. The molecule has 27 heavy (non-hydrogen) atoms. The molecule has 0 aliphatic heterocycles. The Labute approximate surface area is 159 Å². The van der Waals surface area contributed by atoms with Crippen LogP contribution < -0.4 is 19.5 Å². The van der Waals surface area contributed by atoms with E-state index < -0.39 is 15.6 Å². The van der Waals surface area contributed by atoms with Gasteiger partial charge in [0.1, 0.15) is 11.5 Å². The van der Waals surface area contributed by atoms with Gasteiger partial charge < -0.3 is 14.8 Å². The molecule has 0 spiro atoms. The second-order valence-electron chi connectivity index (χ2n) is 6.94. The number of benzene rings is 2. The highest BCUT2D eigenvalue weighted by atomic mass is 32.2. The third kappa shape index (κ3) is 5.70. The summed E-state index contributed by atoms with van der Waals surface area (Å²) in [5, 5.41) is 2.74. The lowest BCUT2D eigenvalue weighted by Gasteiger charge is -2.20. The van der Waals surface area contributed by atoms with Gasteiger partial charge in [-0.15, -0.1) is 0 Å². The zero-order chi connectivity index (χ0) is 20.2. The Balaban J connectivity index is 2.19. The minimum atomic E-state index is -3.65. The Kier molecular flexibility index (Phi) is 6.12. The van der Waals surface area contributed by atoms with Gasteiger partial charge in [-0.2, -0.15) is 0 Å². The molecule has 2 N–H and O–H groups in total. The summed E-state index contributed by atoms with van der Waals surface area (Å²) in [5.41, 5.74) is 0.231. The van der Waals surface area contributed by atoms with Crippen LogP contribution in [0.3, 0.4) is 0 Å². The number of methoxy groups -OCH3 is 2. The zero-order valence-corrected chi connectivity index (χ0v) is 16.8. The van der Waals surface area contributed by atoms with Crippen LogP contribution in [0.2, 0.25) is 0 Å². The summed E-state index contributed by atoms with van der Waals surface area (Å²) in [6, 6.07) is 10.7. The summed E-state index contributed by atoms with van der Waals surface area (Å²) in [6.07, 6.45) is 0. The average Bonchev–Trinajstić information content (AvgIpc) is 2.59. The molecule has 0 bridgehead atoms. The van der Waals surface area contributed by atoms with Gasteiger partial charge in [0.05, 0.1) is 19.1 Å². The van der Waals surface area contributed by atoms with Crippen molar-refractivity contribution in [3.05, 3.63) is 48.0 Å². The van der Waals surface area contributed by atoms with Crippen molar-refractivity contribution in [2.45, 2.75) is 31.2 Å². The van der Waals surface area contributed by atoms with Crippen molar-refractivity contribution < 1.29 is 22.7 Å². The number of hydrogen-bond donors (Lipinski definition) is 2. The summed E-state index contributed by atoms with van der Waals surface area (Å²) in [4.78, 5) is 12.5. The van der Waals surface area contributed by atoms with Crippen LogP contribution in [-0.2, 0) is 10.0 Å². The number of ether oxygens (including phenoxy) is 2. The van der Waals surface area contributed by atoms with Gasteiger partial charge in [-0.3, -0.25) is 4.79 Å². The van der Waals surface area contributed by atoms with Crippen LogP contribution >= 0.6 is 0 Å². The summed E-state index contributed by atoms with van der Waals surface area (Å²) < 4.78 is 37.6. The van der Waals surface area contributed by atoms with E-state index in [1.54, 1.807) is 39.0 Å². The van der Waals surface area contributed by atoms with Gasteiger partial charge in [0.2, 0.25) is 10.0 Å². The van der Waals surface area contributed by atoms with Crippen LogP contribution in [0.15, 0.2) is 47.4 Å². The smallest absolute Gasteiger partial charge is 0.255 e. The van der Waals surface area contributed by atoms with Crippen LogP contribution in [0.1, 0.15) is 31.1 Å². The van der Waals surface area contributed by atoms with Crippen molar-refractivity contribution in [1.82, 2.24) is 4.72 Å². The minimum absolute atomic E-state index is 0.0945. The molecule has 0 radical (unpaired) electrons. The molecule has 2 aromatic rings. The van der Waals surface area contributed by atoms with Crippen molar-refractivity contribution in [2.24, 2.45) is 0 Å². The maximum atomic E-state index is 12.4. The SMILES string of the molecule is COc1cc(NC(=O)c2ccc(S(=O)(=O)NC(C)(C)C)cc2)cc(OC)c1. The Hall–Kier alpha value is -2.58. The van der Waals surface area contributed by atoms with Gasteiger partial charge in [0, 0.05) is 35.0 Å². The van der Waals surface area contributed by atoms with E-state index in [-0.39, 0.29) is 10.8 Å². The molecule has 0 aromatic heterocycles. The number of hydrogen-bond acceptors (Lipinski definition) is 5. The van der Waals surface area contributed by atoms with E-state index in [9.17, 15) is 13.2 Å². The maximum Gasteiger partial charge on any atom is 0.255 e. The number of carbonyl (C=O) groups excluding carboxylic acids is 1. The van der Waals surface area contributed by atoms with Crippen molar-refractivity contribution in [3.63, 3.8) is 0 Å². The number of rotatable bonds is 6. The second-order valence-corrected chi connectivity index (χ2v) is 8.62. The standard InChI is InChI=1S/C19H24N2O5S/c1-19(2,3)21-27(23,24)17-8-6-13(7-9-17)18(22)20-14-10-15(25-4)12-16(11-14)26-5/h6-12,21H,1-5H3,(H,20,22). The highest BCUT2D eigenvalue weighted by molar-refractivity contribution is 7.89. The third-order valence-corrected chi connectivity index (χ3v) is 5.25. The van der Waals surface area contributed by atoms with Gasteiger partial charge >= 0.3 is 0 Å². The fourth-order valence-electron chi connectivity index (χ4n) is 2.33. The molecule has 0 unspecified atom stereocenters.